The lowest BCUT2D eigenvalue weighted by Crippen LogP contribution is -2.30. The van der Waals surface area contributed by atoms with Gasteiger partial charge in [-0.1, -0.05) is 11.6 Å². The van der Waals surface area contributed by atoms with Crippen LogP contribution in [0.4, 0.5) is 0 Å². The molecule has 18 heavy (non-hydrogen) atoms. The van der Waals surface area contributed by atoms with Gasteiger partial charge in [0, 0.05) is 13.6 Å². The Hall–Kier alpha value is -0.630. The molecular weight excluding hydrogens is 278 g/mol. The molecule has 1 aliphatic rings. The van der Waals surface area contributed by atoms with E-state index in [4.69, 9.17) is 11.6 Å². The minimum Gasteiger partial charge on any atom is -0.393 e. The van der Waals surface area contributed by atoms with E-state index in [1.165, 1.54) is 17.9 Å². The number of halogens is 1. The molecule has 102 valence electrons. The Balaban J connectivity index is 2.04. The van der Waals surface area contributed by atoms with Crippen LogP contribution in [0.5, 0.6) is 0 Å². The highest BCUT2D eigenvalue weighted by atomic mass is 35.5. The molecule has 0 saturated heterocycles. The number of aromatic nitrogens is 2. The first-order chi connectivity index (χ1) is 8.40. The molecule has 2 atom stereocenters. The minimum atomic E-state index is -3.65. The maximum Gasteiger partial charge on any atom is 0.259 e. The highest BCUT2D eigenvalue weighted by molar-refractivity contribution is 7.89. The molecule has 0 amide bonds. The van der Waals surface area contributed by atoms with Crippen molar-refractivity contribution in [3.05, 3.63) is 11.2 Å². The SMILES string of the molecule is Cn1ncc(Cl)c1S(=O)(=O)NCC1CCC(O)C1. The van der Waals surface area contributed by atoms with Crippen LogP contribution in [0.1, 0.15) is 19.3 Å². The van der Waals surface area contributed by atoms with E-state index >= 15 is 0 Å². The van der Waals surface area contributed by atoms with E-state index in [1.807, 2.05) is 0 Å². The lowest BCUT2D eigenvalue weighted by Gasteiger charge is -2.11. The minimum absolute atomic E-state index is 0.0253. The van der Waals surface area contributed by atoms with E-state index < -0.39 is 10.0 Å². The molecule has 1 heterocycles. The average Bonchev–Trinajstić information content (AvgIpc) is 2.83. The average molecular weight is 294 g/mol. The van der Waals surface area contributed by atoms with Crippen molar-refractivity contribution in [3.63, 3.8) is 0 Å². The lowest BCUT2D eigenvalue weighted by molar-refractivity contribution is 0.178. The normalized spacial score (nSPS) is 24.6. The molecular formula is C10H16ClN3O3S. The van der Waals surface area contributed by atoms with Gasteiger partial charge in [-0.25, -0.2) is 13.1 Å². The van der Waals surface area contributed by atoms with Crippen molar-refractivity contribution in [2.24, 2.45) is 13.0 Å². The van der Waals surface area contributed by atoms with Gasteiger partial charge in [0.1, 0.15) is 0 Å². The smallest absolute Gasteiger partial charge is 0.259 e. The molecule has 8 heteroatoms. The molecule has 0 aliphatic heterocycles. The summed E-state index contributed by atoms with van der Waals surface area (Å²) < 4.78 is 27.9. The number of hydrogen-bond acceptors (Lipinski definition) is 4. The van der Waals surface area contributed by atoms with Gasteiger partial charge in [-0.15, -0.1) is 0 Å². The van der Waals surface area contributed by atoms with Crippen molar-refractivity contribution < 1.29 is 13.5 Å². The summed E-state index contributed by atoms with van der Waals surface area (Å²) in [6.45, 7) is 0.320. The van der Waals surface area contributed by atoms with Gasteiger partial charge in [-0.3, -0.25) is 4.68 Å². The summed E-state index contributed by atoms with van der Waals surface area (Å²) in [4.78, 5) is 0. The Kier molecular flexibility index (Phi) is 3.96. The van der Waals surface area contributed by atoms with Gasteiger partial charge in [0.15, 0.2) is 5.03 Å². The third-order valence-electron chi connectivity index (χ3n) is 3.17. The molecule has 2 unspecified atom stereocenters. The molecule has 1 aromatic rings. The predicted octanol–water partition coefficient (Wildman–Crippen LogP) is 0.513. The standard InChI is InChI=1S/C10H16ClN3O3S/c1-14-10(9(11)6-12-14)18(16,17)13-5-7-2-3-8(15)4-7/h6-8,13,15H,2-5H2,1H3. The molecule has 0 radical (unpaired) electrons. The fourth-order valence-corrected chi connectivity index (χ4v) is 4.00. The molecule has 1 aromatic heterocycles. The molecule has 1 fully saturated rings. The van der Waals surface area contributed by atoms with Crippen LogP contribution in [-0.2, 0) is 17.1 Å². The second-order valence-corrected chi connectivity index (χ2v) is 6.70. The van der Waals surface area contributed by atoms with Crippen molar-refractivity contribution >= 4 is 21.6 Å². The highest BCUT2D eigenvalue weighted by Gasteiger charge is 2.27. The number of aliphatic hydroxyl groups excluding tert-OH is 1. The zero-order chi connectivity index (χ0) is 13.3. The summed E-state index contributed by atoms with van der Waals surface area (Å²) in [5.41, 5.74) is 0. The van der Waals surface area contributed by atoms with Crippen LogP contribution in [0.3, 0.4) is 0 Å². The third kappa shape index (κ3) is 2.85. The third-order valence-corrected chi connectivity index (χ3v) is 5.10. The summed E-state index contributed by atoms with van der Waals surface area (Å²) in [7, 11) is -2.12. The summed E-state index contributed by atoms with van der Waals surface area (Å²) in [5, 5.41) is 13.3. The van der Waals surface area contributed by atoms with Gasteiger partial charge in [0.05, 0.1) is 17.3 Å². The Bertz CT molecular complexity index is 509. The molecule has 0 bridgehead atoms. The highest BCUT2D eigenvalue weighted by Crippen LogP contribution is 2.25. The monoisotopic (exact) mass is 293 g/mol. The van der Waals surface area contributed by atoms with Crippen LogP contribution in [-0.4, -0.2) is 36.0 Å². The van der Waals surface area contributed by atoms with Crippen molar-refractivity contribution in [1.82, 2.24) is 14.5 Å². The van der Waals surface area contributed by atoms with Gasteiger partial charge in [-0.2, -0.15) is 5.10 Å². The largest absolute Gasteiger partial charge is 0.393 e. The lowest BCUT2D eigenvalue weighted by atomic mass is 10.1. The predicted molar refractivity (Wildman–Crippen MR) is 66.8 cm³/mol. The summed E-state index contributed by atoms with van der Waals surface area (Å²) in [5.74, 6) is 0.182. The number of sulfonamides is 1. The molecule has 0 aromatic carbocycles. The van der Waals surface area contributed by atoms with E-state index in [0.29, 0.717) is 13.0 Å². The zero-order valence-corrected chi connectivity index (χ0v) is 11.6. The van der Waals surface area contributed by atoms with E-state index in [0.717, 1.165) is 12.8 Å². The van der Waals surface area contributed by atoms with Crippen molar-refractivity contribution in [1.29, 1.82) is 0 Å². The van der Waals surface area contributed by atoms with Gasteiger partial charge in [0.2, 0.25) is 0 Å². The maximum atomic E-state index is 12.1. The van der Waals surface area contributed by atoms with Gasteiger partial charge < -0.3 is 5.11 Å². The van der Waals surface area contributed by atoms with Crippen molar-refractivity contribution in [2.75, 3.05) is 6.54 Å². The molecule has 2 N–H and O–H groups in total. The van der Waals surface area contributed by atoms with Gasteiger partial charge in [-0.05, 0) is 25.2 Å². The van der Waals surface area contributed by atoms with E-state index in [9.17, 15) is 13.5 Å². The van der Waals surface area contributed by atoms with Gasteiger partial charge >= 0.3 is 0 Å². The first kappa shape index (κ1) is 13.8. The van der Waals surface area contributed by atoms with Crippen molar-refractivity contribution in [2.45, 2.75) is 30.4 Å². The number of nitrogens with zero attached hydrogens (tertiary/aromatic N) is 2. The molecule has 2 rings (SSSR count). The fraction of sp³-hybridized carbons (Fsp3) is 0.700. The quantitative estimate of drug-likeness (QED) is 0.847. The van der Waals surface area contributed by atoms with Crippen LogP contribution in [0.2, 0.25) is 5.02 Å². The van der Waals surface area contributed by atoms with Crippen LogP contribution in [0.25, 0.3) is 0 Å². The summed E-state index contributed by atoms with van der Waals surface area (Å²) in [6, 6.07) is 0. The summed E-state index contributed by atoms with van der Waals surface area (Å²) >= 11 is 5.81. The van der Waals surface area contributed by atoms with Crippen LogP contribution in [0, 0.1) is 5.92 Å². The Morgan fingerprint density at radius 1 is 1.61 bits per heavy atom. The topological polar surface area (TPSA) is 84.2 Å². The number of aryl methyl sites for hydroxylation is 1. The molecule has 1 saturated carbocycles. The summed E-state index contributed by atoms with van der Waals surface area (Å²) in [6.07, 6.45) is 3.21. The molecule has 6 nitrogen and oxygen atoms in total. The van der Waals surface area contributed by atoms with Crippen molar-refractivity contribution in [3.8, 4) is 0 Å². The first-order valence-electron chi connectivity index (χ1n) is 5.75. The number of nitrogens with one attached hydrogen (secondary N) is 1. The second kappa shape index (κ2) is 5.16. The van der Waals surface area contributed by atoms with E-state index in [2.05, 4.69) is 9.82 Å². The fourth-order valence-electron chi connectivity index (χ4n) is 2.23. The van der Waals surface area contributed by atoms with Crippen LogP contribution >= 0.6 is 11.6 Å². The number of rotatable bonds is 4. The Morgan fingerprint density at radius 2 is 2.33 bits per heavy atom. The number of hydrogen-bond donors (Lipinski definition) is 2. The van der Waals surface area contributed by atoms with Gasteiger partial charge in [0.25, 0.3) is 10.0 Å². The molecule has 1 aliphatic carbocycles. The maximum absolute atomic E-state index is 12.1. The zero-order valence-electron chi connectivity index (χ0n) is 10.0. The number of aliphatic hydroxyl groups is 1. The van der Waals surface area contributed by atoms with Crippen LogP contribution < -0.4 is 4.72 Å². The van der Waals surface area contributed by atoms with E-state index in [1.54, 1.807) is 0 Å². The Labute approximate surface area is 111 Å². The Morgan fingerprint density at radius 3 is 2.83 bits per heavy atom. The first-order valence-corrected chi connectivity index (χ1v) is 7.61. The van der Waals surface area contributed by atoms with E-state index in [-0.39, 0.29) is 22.1 Å². The second-order valence-electron chi connectivity index (χ2n) is 4.61. The molecule has 0 spiro atoms. The van der Waals surface area contributed by atoms with Crippen LogP contribution in [0.15, 0.2) is 11.2 Å².